The maximum atomic E-state index is 12.8. The van der Waals surface area contributed by atoms with Crippen LogP contribution in [0.5, 0.6) is 5.75 Å². The van der Waals surface area contributed by atoms with Gasteiger partial charge < -0.3 is 14.5 Å². The van der Waals surface area contributed by atoms with E-state index < -0.39 is 0 Å². The minimum atomic E-state index is 0.0895. The lowest BCUT2D eigenvalue weighted by Gasteiger charge is -2.26. The largest absolute Gasteiger partial charge is 0.497 e. The molecule has 1 aliphatic rings. The van der Waals surface area contributed by atoms with E-state index in [1.54, 1.807) is 13.2 Å². The van der Waals surface area contributed by atoms with Crippen LogP contribution in [0.1, 0.15) is 11.3 Å². The highest BCUT2D eigenvalue weighted by Crippen LogP contribution is 2.19. The highest BCUT2D eigenvalue weighted by molar-refractivity contribution is 5.81. The van der Waals surface area contributed by atoms with Crippen LogP contribution in [-0.4, -0.2) is 43.3 Å². The van der Waals surface area contributed by atoms with Gasteiger partial charge in [-0.05, 0) is 25.1 Å². The zero-order valence-corrected chi connectivity index (χ0v) is 12.4. The van der Waals surface area contributed by atoms with Gasteiger partial charge in [-0.1, -0.05) is 0 Å². The number of nitrogens with one attached hydrogen (secondary N) is 1. The van der Waals surface area contributed by atoms with Gasteiger partial charge in [-0.2, -0.15) is 0 Å². The molecule has 2 heterocycles. The van der Waals surface area contributed by atoms with E-state index in [2.05, 4.69) is 9.88 Å². The SMILES string of the molecule is COc1ccc2[nH]c(C)c(CN3CCOCC3)c(=O)c2c1. The van der Waals surface area contributed by atoms with Crippen LogP contribution in [0, 0.1) is 6.92 Å². The number of hydrogen-bond donors (Lipinski definition) is 1. The predicted octanol–water partition coefficient (Wildman–Crippen LogP) is 1.68. The first-order valence-electron chi connectivity index (χ1n) is 7.18. The Morgan fingerprint density at radius 1 is 1.33 bits per heavy atom. The Hall–Kier alpha value is -1.85. The van der Waals surface area contributed by atoms with Crippen molar-refractivity contribution in [2.45, 2.75) is 13.5 Å². The maximum absolute atomic E-state index is 12.8. The van der Waals surface area contributed by atoms with Crippen molar-refractivity contribution in [3.05, 3.63) is 39.7 Å². The molecule has 0 amide bonds. The molecule has 0 bridgehead atoms. The fourth-order valence-corrected chi connectivity index (χ4v) is 2.73. The molecule has 21 heavy (non-hydrogen) atoms. The third kappa shape index (κ3) is 2.80. The second-order valence-corrected chi connectivity index (χ2v) is 5.36. The Kier molecular flexibility index (Phi) is 3.94. The molecule has 1 aliphatic heterocycles. The van der Waals surface area contributed by atoms with Gasteiger partial charge in [-0.25, -0.2) is 0 Å². The maximum Gasteiger partial charge on any atom is 0.194 e. The molecule has 0 atom stereocenters. The highest BCUT2D eigenvalue weighted by Gasteiger charge is 2.16. The van der Waals surface area contributed by atoms with Crippen LogP contribution < -0.4 is 10.2 Å². The molecule has 0 saturated carbocycles. The number of pyridine rings is 1. The zero-order valence-electron chi connectivity index (χ0n) is 12.4. The third-order valence-electron chi connectivity index (χ3n) is 4.01. The van der Waals surface area contributed by atoms with Crippen LogP contribution >= 0.6 is 0 Å². The number of methoxy groups -OCH3 is 1. The fraction of sp³-hybridized carbons (Fsp3) is 0.438. The molecule has 0 aliphatic carbocycles. The Bertz CT molecular complexity index is 702. The molecular formula is C16H20N2O3. The van der Waals surface area contributed by atoms with Gasteiger partial charge in [0, 0.05) is 41.8 Å². The summed E-state index contributed by atoms with van der Waals surface area (Å²) in [7, 11) is 1.61. The molecule has 1 aromatic heterocycles. The second kappa shape index (κ2) is 5.87. The molecule has 2 aromatic rings. The molecule has 1 aromatic carbocycles. The van der Waals surface area contributed by atoms with Crippen molar-refractivity contribution in [3.63, 3.8) is 0 Å². The molecule has 0 unspecified atom stereocenters. The molecular weight excluding hydrogens is 268 g/mol. The molecule has 1 saturated heterocycles. The normalized spacial score (nSPS) is 16.3. The van der Waals surface area contributed by atoms with E-state index in [0.717, 1.165) is 43.1 Å². The van der Waals surface area contributed by atoms with Crippen LogP contribution in [0.4, 0.5) is 0 Å². The van der Waals surface area contributed by atoms with Gasteiger partial charge in [-0.15, -0.1) is 0 Å². The summed E-state index contributed by atoms with van der Waals surface area (Å²) in [6.45, 7) is 5.83. The number of ether oxygens (including phenoxy) is 2. The van der Waals surface area contributed by atoms with Crippen LogP contribution in [-0.2, 0) is 11.3 Å². The van der Waals surface area contributed by atoms with Gasteiger partial charge in [-0.3, -0.25) is 9.69 Å². The van der Waals surface area contributed by atoms with Crippen LogP contribution in [0.3, 0.4) is 0 Å². The molecule has 1 fully saturated rings. The van der Waals surface area contributed by atoms with E-state index in [0.29, 0.717) is 17.7 Å². The monoisotopic (exact) mass is 288 g/mol. The van der Waals surface area contributed by atoms with Gasteiger partial charge in [0.1, 0.15) is 5.75 Å². The lowest BCUT2D eigenvalue weighted by Crippen LogP contribution is -2.37. The molecule has 0 spiro atoms. The second-order valence-electron chi connectivity index (χ2n) is 5.36. The molecule has 112 valence electrons. The Balaban J connectivity index is 2.02. The van der Waals surface area contributed by atoms with E-state index in [4.69, 9.17) is 9.47 Å². The molecule has 5 nitrogen and oxygen atoms in total. The van der Waals surface area contributed by atoms with Gasteiger partial charge in [0.15, 0.2) is 5.43 Å². The van der Waals surface area contributed by atoms with Gasteiger partial charge in [0.2, 0.25) is 0 Å². The Labute approximate surface area is 123 Å². The van der Waals surface area contributed by atoms with Crippen molar-refractivity contribution in [2.75, 3.05) is 33.4 Å². The number of H-pyrrole nitrogens is 1. The number of benzene rings is 1. The van der Waals surface area contributed by atoms with E-state index in [9.17, 15) is 4.79 Å². The predicted molar refractivity (Wildman–Crippen MR) is 82.0 cm³/mol. The standard InChI is InChI=1S/C16H20N2O3/c1-11-14(10-18-5-7-21-8-6-18)16(19)13-9-12(20-2)3-4-15(13)17-11/h3-4,9H,5-8,10H2,1-2H3,(H,17,19). The summed E-state index contributed by atoms with van der Waals surface area (Å²) in [6, 6.07) is 5.55. The first-order valence-corrected chi connectivity index (χ1v) is 7.18. The molecule has 5 heteroatoms. The third-order valence-corrected chi connectivity index (χ3v) is 4.01. The highest BCUT2D eigenvalue weighted by atomic mass is 16.5. The summed E-state index contributed by atoms with van der Waals surface area (Å²) in [5, 5.41) is 0.684. The zero-order chi connectivity index (χ0) is 14.8. The average molecular weight is 288 g/mol. The van der Waals surface area contributed by atoms with Crippen molar-refractivity contribution >= 4 is 10.9 Å². The van der Waals surface area contributed by atoms with Crippen molar-refractivity contribution in [1.82, 2.24) is 9.88 Å². The number of aromatic amines is 1. The van der Waals surface area contributed by atoms with E-state index in [1.165, 1.54) is 0 Å². The average Bonchev–Trinajstić information content (AvgIpc) is 2.52. The van der Waals surface area contributed by atoms with E-state index >= 15 is 0 Å². The summed E-state index contributed by atoms with van der Waals surface area (Å²) in [5.74, 6) is 0.703. The number of fused-ring (bicyclic) bond motifs is 1. The summed E-state index contributed by atoms with van der Waals surface area (Å²) < 4.78 is 10.6. The number of morpholine rings is 1. The minimum Gasteiger partial charge on any atom is -0.497 e. The summed E-state index contributed by atoms with van der Waals surface area (Å²) in [6.07, 6.45) is 0. The first kappa shape index (κ1) is 14.1. The lowest BCUT2D eigenvalue weighted by atomic mass is 10.1. The van der Waals surface area contributed by atoms with Gasteiger partial charge >= 0.3 is 0 Å². The summed E-state index contributed by atoms with van der Waals surface area (Å²) >= 11 is 0. The molecule has 1 N–H and O–H groups in total. The quantitative estimate of drug-likeness (QED) is 0.933. The van der Waals surface area contributed by atoms with E-state index in [1.807, 2.05) is 19.1 Å². The number of rotatable bonds is 3. The Morgan fingerprint density at radius 2 is 2.10 bits per heavy atom. The molecule has 3 rings (SSSR count). The summed E-state index contributed by atoms with van der Waals surface area (Å²) in [5.41, 5.74) is 2.71. The summed E-state index contributed by atoms with van der Waals surface area (Å²) in [4.78, 5) is 18.3. The number of nitrogens with zero attached hydrogens (tertiary/aromatic N) is 1. The number of hydrogen-bond acceptors (Lipinski definition) is 4. The molecule has 0 radical (unpaired) electrons. The Morgan fingerprint density at radius 3 is 2.81 bits per heavy atom. The first-order chi connectivity index (χ1) is 10.2. The van der Waals surface area contributed by atoms with Crippen LogP contribution in [0.2, 0.25) is 0 Å². The van der Waals surface area contributed by atoms with Crippen molar-refractivity contribution in [3.8, 4) is 5.75 Å². The van der Waals surface area contributed by atoms with Crippen LogP contribution in [0.25, 0.3) is 10.9 Å². The number of aryl methyl sites for hydroxylation is 1. The van der Waals surface area contributed by atoms with Crippen molar-refractivity contribution in [2.24, 2.45) is 0 Å². The minimum absolute atomic E-state index is 0.0895. The number of aromatic nitrogens is 1. The smallest absolute Gasteiger partial charge is 0.194 e. The van der Waals surface area contributed by atoms with Gasteiger partial charge in [0.05, 0.1) is 20.3 Å². The van der Waals surface area contributed by atoms with Crippen molar-refractivity contribution in [1.29, 1.82) is 0 Å². The van der Waals surface area contributed by atoms with Gasteiger partial charge in [0.25, 0.3) is 0 Å². The topological polar surface area (TPSA) is 54.6 Å². The van der Waals surface area contributed by atoms with E-state index in [-0.39, 0.29) is 5.43 Å². The lowest BCUT2D eigenvalue weighted by molar-refractivity contribution is 0.0339. The fourth-order valence-electron chi connectivity index (χ4n) is 2.73. The van der Waals surface area contributed by atoms with Crippen molar-refractivity contribution < 1.29 is 9.47 Å². The van der Waals surface area contributed by atoms with Crippen LogP contribution in [0.15, 0.2) is 23.0 Å².